The second-order valence-electron chi connectivity index (χ2n) is 37.5. The lowest BCUT2D eigenvalue weighted by molar-refractivity contribution is -0.660. The molecule has 0 bridgehead atoms. The fourth-order valence-electron chi connectivity index (χ4n) is 21.1. The number of aryl methyl sites for hydroxylation is 11. The molecule has 0 fully saturated rings. The average Bonchev–Trinajstić information content (AvgIpc) is 1.23. The van der Waals surface area contributed by atoms with E-state index in [1.165, 1.54) is 104 Å². The smallest absolute Gasteiger partial charge is 0.216 e. The van der Waals surface area contributed by atoms with Crippen molar-refractivity contribution in [1.29, 1.82) is 0 Å². The first-order valence-electron chi connectivity index (χ1n) is 47.9. The number of aromatic nitrogens is 8. The van der Waals surface area contributed by atoms with Crippen molar-refractivity contribution in [2.45, 2.75) is 75.1 Å². The molecule has 0 spiro atoms. The molecule has 14 aromatic carbocycles. The standard InChI is InChI=1S/C31H28NO.C29H24NO.3C22H17N2O/c1-18(2)23-11-8-12-27-24(23)13-14-28(32(27)5)30-20(4)19(3)15-26-25-16-21-9-6-7-10-22(21)17-29(25)33-31(26)30;1-17-8-7-11-25-22(17)12-13-26(30(25)4)28-19(3)18(2)14-24-23-15-20-9-5-6-10-21(20)16-27(23)31-29(24)28;1-14-8-9-16-17-12-15-6-5-10-23-18(15)13-20(17)25-22(16)21(14)19-7-3-4-11-24(19)2;1-14-6-7-17-18-11-16-13-23-9-8-15(16)12-20(18)25-22(17)21(14)19-5-3-4-10-24(19)2;1-14-6-7-17-18-11-15-8-9-23-13-16(15)12-20(18)25-22(17)21(14)19-5-3-4-10-24(19)2/h6-18H,1-5H3;5-16H,1-4H3;3*3-13H,1-2H3/q5*+1/i18D;;;;. The summed E-state index contributed by atoms with van der Waals surface area (Å²) in [5, 5.41) is 24.4. The van der Waals surface area contributed by atoms with Crippen molar-refractivity contribution in [3.05, 3.63) is 397 Å². The molecule has 0 atom stereocenters. The van der Waals surface area contributed by atoms with E-state index in [0.29, 0.717) is 0 Å². The summed E-state index contributed by atoms with van der Waals surface area (Å²) in [6, 6.07) is 104. The molecule has 0 saturated heterocycles. The molecule has 0 aliphatic rings. The van der Waals surface area contributed by atoms with Crippen LogP contribution >= 0.6 is 0 Å². The van der Waals surface area contributed by atoms with Crippen molar-refractivity contribution >= 4 is 185 Å². The van der Waals surface area contributed by atoms with Gasteiger partial charge in [0.1, 0.15) is 91.1 Å². The molecule has 0 N–H and O–H groups in total. The van der Waals surface area contributed by atoms with Gasteiger partial charge in [-0.1, -0.05) is 129 Å². The zero-order valence-electron chi connectivity index (χ0n) is 81.5. The number of benzene rings is 14. The van der Waals surface area contributed by atoms with Crippen LogP contribution in [-0.2, 0) is 35.2 Å². The van der Waals surface area contributed by atoms with Crippen molar-refractivity contribution in [2.75, 3.05) is 0 Å². The van der Waals surface area contributed by atoms with E-state index in [2.05, 4.69) is 402 Å². The van der Waals surface area contributed by atoms with Crippen LogP contribution in [0.3, 0.4) is 0 Å². The lowest BCUT2D eigenvalue weighted by atomic mass is 9.94. The van der Waals surface area contributed by atoms with E-state index < -0.39 is 5.89 Å². The van der Waals surface area contributed by atoms with Crippen LogP contribution in [0.15, 0.2) is 369 Å². The zero-order valence-corrected chi connectivity index (χ0v) is 80.5. The highest BCUT2D eigenvalue weighted by Crippen LogP contribution is 2.47. The minimum absolute atomic E-state index is 0.665. The summed E-state index contributed by atoms with van der Waals surface area (Å²) in [6.07, 6.45) is 15.4. The highest BCUT2D eigenvalue weighted by Gasteiger charge is 2.30. The van der Waals surface area contributed by atoms with Gasteiger partial charge in [0.25, 0.3) is 0 Å². The molecule has 27 rings (SSSR count). The average molecular weight is 1810 g/mol. The van der Waals surface area contributed by atoms with Crippen LogP contribution in [0.25, 0.3) is 242 Å². The highest BCUT2D eigenvalue weighted by molar-refractivity contribution is 6.19. The molecule has 0 amide bonds. The summed E-state index contributed by atoms with van der Waals surface area (Å²) in [6.45, 7) is 21.2. The lowest BCUT2D eigenvalue weighted by Crippen LogP contribution is -2.32. The molecule has 27 aromatic rings. The molecule has 139 heavy (non-hydrogen) atoms. The Hall–Kier alpha value is -16.9. The monoisotopic (exact) mass is 1810 g/mol. The number of fused-ring (bicyclic) bond motifs is 22. The summed E-state index contributed by atoms with van der Waals surface area (Å²) in [5.41, 5.74) is 35.1. The molecule has 13 nitrogen and oxygen atoms in total. The quantitative estimate of drug-likeness (QED) is 0.151. The summed E-state index contributed by atoms with van der Waals surface area (Å²) in [7, 11) is 10.5. The Balaban J connectivity index is 0.0000000982. The largest absolute Gasteiger partial charge is 0.455 e. The van der Waals surface area contributed by atoms with Crippen LogP contribution in [0.4, 0.5) is 0 Å². The van der Waals surface area contributed by atoms with Crippen LogP contribution in [0.2, 0.25) is 0 Å². The maximum absolute atomic E-state index is 8.61. The third-order valence-corrected chi connectivity index (χ3v) is 28.7. The van der Waals surface area contributed by atoms with E-state index >= 15 is 0 Å². The van der Waals surface area contributed by atoms with Gasteiger partial charge >= 0.3 is 0 Å². The third-order valence-electron chi connectivity index (χ3n) is 28.7. The van der Waals surface area contributed by atoms with Gasteiger partial charge < -0.3 is 22.1 Å². The second kappa shape index (κ2) is 34.5. The number of rotatable bonds is 6. The molecule has 0 aliphatic carbocycles. The van der Waals surface area contributed by atoms with Crippen LogP contribution in [-0.4, -0.2) is 15.0 Å². The van der Waals surface area contributed by atoms with E-state index in [-0.39, 0.29) is 0 Å². The molecule has 0 radical (unpaired) electrons. The van der Waals surface area contributed by atoms with Gasteiger partial charge in [-0.3, -0.25) is 15.0 Å². The van der Waals surface area contributed by atoms with Gasteiger partial charge in [0.15, 0.2) is 18.6 Å². The molecule has 0 saturated carbocycles. The first-order chi connectivity index (χ1) is 67.9. The van der Waals surface area contributed by atoms with Crippen molar-refractivity contribution in [3.63, 3.8) is 0 Å². The van der Waals surface area contributed by atoms with Crippen molar-refractivity contribution in [1.82, 2.24) is 15.0 Å². The van der Waals surface area contributed by atoms with E-state index in [4.69, 9.17) is 23.5 Å². The topological polar surface area (TPSA) is 124 Å². The van der Waals surface area contributed by atoms with Gasteiger partial charge in [0.2, 0.25) is 39.5 Å². The molecule has 672 valence electrons. The van der Waals surface area contributed by atoms with Crippen LogP contribution < -0.4 is 22.8 Å². The third kappa shape index (κ3) is 14.9. The number of nitrogens with zero attached hydrogens (tertiary/aromatic N) is 8. The summed E-state index contributed by atoms with van der Waals surface area (Å²) in [4.78, 5) is 12.9. The Labute approximate surface area is 805 Å². The number of pyridine rings is 8. The van der Waals surface area contributed by atoms with Gasteiger partial charge in [-0.2, -0.15) is 9.13 Å². The Kier molecular flexibility index (Phi) is 21.1. The predicted octanol–water partition coefficient (Wildman–Crippen LogP) is 30.2. The highest BCUT2D eigenvalue weighted by atomic mass is 16.3. The van der Waals surface area contributed by atoms with Crippen LogP contribution in [0.5, 0.6) is 0 Å². The first kappa shape index (κ1) is 85.0. The maximum Gasteiger partial charge on any atom is 0.216 e. The van der Waals surface area contributed by atoms with Gasteiger partial charge in [0, 0.05) is 180 Å². The van der Waals surface area contributed by atoms with Crippen molar-refractivity contribution in [3.8, 4) is 56.3 Å². The Morgan fingerprint density at radius 3 is 1.04 bits per heavy atom. The predicted molar refractivity (Wildman–Crippen MR) is 570 cm³/mol. The normalized spacial score (nSPS) is 11.9. The molecule has 0 unspecified atom stereocenters. The van der Waals surface area contributed by atoms with Crippen LogP contribution in [0, 0.1) is 55.4 Å². The molecule has 13 heteroatoms. The van der Waals surface area contributed by atoms with Crippen molar-refractivity contribution < 1.29 is 46.3 Å². The second-order valence-corrected chi connectivity index (χ2v) is 37.5. The minimum atomic E-state index is -0.665. The SMILES string of the molecule is Cc1cc2c(oc3cc4ccccc4cc32)c(-c2ccc3c(C)cccc3[n+]2C)c1C.Cc1ccc2c(oc3cc4ccncc4cc32)c1-c1cccc[n+]1C.Cc1ccc2c(oc3cc4cnccc4cc32)c1-c1cccc[n+]1C.Cc1ccc2c(oc3cc4ncccc4cc32)c1-c1cccc[n+]1C.[2H]C(C)(C)c1cccc2c1ccc(-c1c(C)c(C)cc3c1oc1cc4ccccc4cc13)[n+]2C. The fraction of sp³-hybridized carbons (Fsp3) is 0.127. The van der Waals surface area contributed by atoms with Crippen molar-refractivity contribution in [2.24, 2.45) is 35.2 Å². The Bertz CT molecular complexity index is 9360. The maximum atomic E-state index is 8.61. The molecular formula is C126H103N8O5+5. The Morgan fingerprint density at radius 2 is 0.597 bits per heavy atom. The van der Waals surface area contributed by atoms with E-state index in [9.17, 15) is 0 Å². The number of furan rings is 5. The van der Waals surface area contributed by atoms with E-state index in [1.807, 2.05) is 87.3 Å². The lowest BCUT2D eigenvalue weighted by Gasteiger charge is -2.12. The molecule has 13 aromatic heterocycles. The minimum Gasteiger partial charge on any atom is -0.455 e. The summed E-state index contributed by atoms with van der Waals surface area (Å²) >= 11 is 0. The molecule has 0 aliphatic heterocycles. The fourth-order valence-corrected chi connectivity index (χ4v) is 21.1. The number of hydrogen-bond donors (Lipinski definition) is 0. The van der Waals surface area contributed by atoms with E-state index in [1.54, 1.807) is 0 Å². The summed E-state index contributed by atoms with van der Waals surface area (Å²) in [5.74, 6) is -0.665. The molecule has 13 heterocycles. The molecular weight excluding hydrogens is 1710 g/mol. The zero-order chi connectivity index (χ0) is 95.9. The van der Waals surface area contributed by atoms with Gasteiger partial charge in [0.05, 0.1) is 33.3 Å². The first-order valence-corrected chi connectivity index (χ1v) is 47.4. The summed E-state index contributed by atoms with van der Waals surface area (Å²) < 4.78 is 51.7. The van der Waals surface area contributed by atoms with E-state index in [0.717, 1.165) is 187 Å². The van der Waals surface area contributed by atoms with Gasteiger partial charge in [-0.05, 0) is 259 Å². The van der Waals surface area contributed by atoms with Gasteiger partial charge in [-0.15, -0.1) is 0 Å². The van der Waals surface area contributed by atoms with Gasteiger partial charge in [-0.25, -0.2) is 13.7 Å². The number of hydrogen-bond acceptors (Lipinski definition) is 8. The Morgan fingerprint density at radius 1 is 0.252 bits per heavy atom. The van der Waals surface area contributed by atoms with Crippen LogP contribution in [0.1, 0.15) is 71.2 Å².